The highest BCUT2D eigenvalue weighted by Gasteiger charge is 2.33. The second-order valence-electron chi connectivity index (χ2n) is 4.02. The summed E-state index contributed by atoms with van der Waals surface area (Å²) in [5.41, 5.74) is 5.98. The maximum absolute atomic E-state index is 11.7. The molecule has 4 nitrogen and oxygen atoms in total. The first kappa shape index (κ1) is 10.9. The molecule has 1 aromatic rings. The highest BCUT2D eigenvalue weighted by molar-refractivity contribution is 7.91. The molecular weight excluding hydrogens is 232 g/mol. The smallest absolute Gasteiger partial charge is 0.250 e. The minimum absolute atomic E-state index is 0.299. The molecule has 0 spiro atoms. The van der Waals surface area contributed by atoms with Crippen LogP contribution >= 0.6 is 11.3 Å². The molecule has 2 rings (SSSR count). The third-order valence-corrected chi connectivity index (χ3v) is 5.55. The predicted molar refractivity (Wildman–Crippen MR) is 61.2 cm³/mol. The van der Waals surface area contributed by atoms with Crippen LogP contribution in [0.15, 0.2) is 15.7 Å². The fraction of sp³-hybridized carbons (Fsp3) is 0.556. The van der Waals surface area contributed by atoms with Crippen LogP contribution in [0.25, 0.3) is 0 Å². The van der Waals surface area contributed by atoms with E-state index in [-0.39, 0.29) is 0 Å². The molecule has 1 aliphatic carbocycles. The van der Waals surface area contributed by atoms with Crippen molar-refractivity contribution in [3.8, 4) is 0 Å². The summed E-state index contributed by atoms with van der Waals surface area (Å²) >= 11 is 1.15. The van der Waals surface area contributed by atoms with Crippen LogP contribution in [-0.4, -0.2) is 15.0 Å². The molecule has 15 heavy (non-hydrogen) atoms. The first-order valence-electron chi connectivity index (χ1n) is 4.83. The van der Waals surface area contributed by atoms with Crippen LogP contribution in [-0.2, 0) is 10.0 Å². The molecule has 0 amide bonds. The molecule has 1 fully saturated rings. The summed E-state index contributed by atoms with van der Waals surface area (Å²) in [6.45, 7) is 2.67. The van der Waals surface area contributed by atoms with Gasteiger partial charge >= 0.3 is 0 Å². The number of nitrogens with one attached hydrogen (secondary N) is 1. The molecule has 0 saturated heterocycles. The second kappa shape index (κ2) is 3.77. The van der Waals surface area contributed by atoms with Gasteiger partial charge in [-0.15, -0.1) is 11.3 Å². The minimum Gasteiger partial charge on any atom is -0.398 e. The van der Waals surface area contributed by atoms with Gasteiger partial charge in [-0.3, -0.25) is 0 Å². The summed E-state index contributed by atoms with van der Waals surface area (Å²) in [4.78, 5) is 0. The van der Waals surface area contributed by atoms with Crippen LogP contribution in [0.1, 0.15) is 13.3 Å². The number of thiophene rings is 1. The largest absolute Gasteiger partial charge is 0.398 e. The van der Waals surface area contributed by atoms with Crippen LogP contribution in [0.4, 0.5) is 5.69 Å². The summed E-state index contributed by atoms with van der Waals surface area (Å²) in [6.07, 6.45) is 1.12. The first-order chi connectivity index (χ1) is 6.99. The molecule has 6 heteroatoms. The van der Waals surface area contributed by atoms with Gasteiger partial charge in [0.05, 0.1) is 0 Å². The molecule has 0 radical (unpaired) electrons. The lowest BCUT2D eigenvalue weighted by molar-refractivity contribution is 0.576. The Balaban J connectivity index is 2.00. The maximum Gasteiger partial charge on any atom is 0.250 e. The van der Waals surface area contributed by atoms with Gasteiger partial charge < -0.3 is 5.73 Å². The Kier molecular flexibility index (Phi) is 2.74. The number of sulfonamides is 1. The van der Waals surface area contributed by atoms with Crippen molar-refractivity contribution >= 4 is 27.0 Å². The van der Waals surface area contributed by atoms with E-state index >= 15 is 0 Å². The number of anilines is 1. The molecule has 84 valence electrons. The van der Waals surface area contributed by atoms with Crippen molar-refractivity contribution in [2.24, 2.45) is 11.8 Å². The Morgan fingerprint density at radius 2 is 2.33 bits per heavy atom. The monoisotopic (exact) mass is 246 g/mol. The Bertz CT molecular complexity index is 452. The highest BCUT2D eigenvalue weighted by atomic mass is 32.2. The van der Waals surface area contributed by atoms with Gasteiger partial charge in [0, 0.05) is 17.6 Å². The van der Waals surface area contributed by atoms with E-state index in [4.69, 9.17) is 5.73 Å². The quantitative estimate of drug-likeness (QED) is 0.840. The number of nitrogen functional groups attached to an aromatic ring is 1. The highest BCUT2D eigenvalue weighted by Crippen LogP contribution is 2.37. The average Bonchev–Trinajstić information content (AvgIpc) is 2.66. The van der Waals surface area contributed by atoms with Crippen LogP contribution in [0.3, 0.4) is 0 Å². The number of hydrogen-bond donors (Lipinski definition) is 2. The molecule has 1 aliphatic rings. The van der Waals surface area contributed by atoms with Crippen molar-refractivity contribution in [3.05, 3.63) is 11.4 Å². The van der Waals surface area contributed by atoms with Gasteiger partial charge in [0.2, 0.25) is 10.0 Å². The molecule has 2 atom stereocenters. The SMILES string of the molecule is CC1CC1CNS(=O)(=O)c1cc(N)cs1. The van der Waals surface area contributed by atoms with E-state index in [2.05, 4.69) is 11.6 Å². The van der Waals surface area contributed by atoms with Crippen molar-refractivity contribution in [3.63, 3.8) is 0 Å². The third kappa shape index (κ3) is 2.50. The number of hydrogen-bond acceptors (Lipinski definition) is 4. The van der Waals surface area contributed by atoms with Crippen molar-refractivity contribution in [1.82, 2.24) is 4.72 Å². The van der Waals surface area contributed by atoms with E-state index in [0.29, 0.717) is 28.3 Å². The first-order valence-corrected chi connectivity index (χ1v) is 7.19. The van der Waals surface area contributed by atoms with Gasteiger partial charge in [-0.05, 0) is 24.3 Å². The molecule has 2 unspecified atom stereocenters. The lowest BCUT2D eigenvalue weighted by atomic mass is 10.3. The average molecular weight is 246 g/mol. The van der Waals surface area contributed by atoms with Gasteiger partial charge in [-0.25, -0.2) is 13.1 Å². The molecule has 0 aromatic carbocycles. The summed E-state index contributed by atoms with van der Waals surface area (Å²) in [7, 11) is -3.33. The zero-order valence-corrected chi connectivity index (χ0v) is 10.1. The zero-order chi connectivity index (χ0) is 11.1. The zero-order valence-electron chi connectivity index (χ0n) is 8.43. The predicted octanol–water partition coefficient (Wildman–Crippen LogP) is 1.26. The fourth-order valence-electron chi connectivity index (χ4n) is 1.44. The summed E-state index contributed by atoms with van der Waals surface area (Å²) in [6, 6.07) is 1.49. The van der Waals surface area contributed by atoms with E-state index in [0.717, 1.165) is 17.8 Å². The van der Waals surface area contributed by atoms with E-state index in [1.165, 1.54) is 6.07 Å². The van der Waals surface area contributed by atoms with Gasteiger partial charge in [0.15, 0.2) is 0 Å². The van der Waals surface area contributed by atoms with Crippen molar-refractivity contribution in [1.29, 1.82) is 0 Å². The fourth-order valence-corrected chi connectivity index (χ4v) is 3.66. The lowest BCUT2D eigenvalue weighted by Gasteiger charge is -2.02. The standard InChI is InChI=1S/C9H14N2O2S2/c1-6-2-7(6)4-11-15(12,13)9-3-8(10)5-14-9/h3,5-7,11H,2,4,10H2,1H3. The second-order valence-corrected chi connectivity index (χ2v) is 6.93. The summed E-state index contributed by atoms with van der Waals surface area (Å²) in [5, 5.41) is 1.63. The maximum atomic E-state index is 11.7. The number of nitrogens with two attached hydrogens (primary N) is 1. The molecule has 0 aliphatic heterocycles. The Morgan fingerprint density at radius 3 is 2.80 bits per heavy atom. The van der Waals surface area contributed by atoms with Crippen LogP contribution in [0, 0.1) is 11.8 Å². The Morgan fingerprint density at radius 1 is 1.67 bits per heavy atom. The van der Waals surface area contributed by atoms with Crippen molar-refractivity contribution in [2.75, 3.05) is 12.3 Å². The molecule has 0 bridgehead atoms. The van der Waals surface area contributed by atoms with E-state index < -0.39 is 10.0 Å². The summed E-state index contributed by atoms with van der Waals surface area (Å²) in [5.74, 6) is 1.16. The van der Waals surface area contributed by atoms with Gasteiger partial charge in [0.25, 0.3) is 0 Å². The molecule has 1 aromatic heterocycles. The normalized spacial score (nSPS) is 25.4. The van der Waals surface area contributed by atoms with E-state index in [1.54, 1.807) is 5.38 Å². The Labute approximate surface area is 93.5 Å². The van der Waals surface area contributed by atoms with Crippen LogP contribution in [0.2, 0.25) is 0 Å². The van der Waals surface area contributed by atoms with Gasteiger partial charge in [-0.2, -0.15) is 0 Å². The number of rotatable bonds is 4. The molecular formula is C9H14N2O2S2. The molecule has 1 heterocycles. The topological polar surface area (TPSA) is 72.2 Å². The molecule has 3 N–H and O–H groups in total. The third-order valence-electron chi connectivity index (χ3n) is 2.67. The summed E-state index contributed by atoms with van der Waals surface area (Å²) < 4.78 is 26.4. The lowest BCUT2D eigenvalue weighted by Crippen LogP contribution is -2.25. The minimum atomic E-state index is -3.33. The van der Waals surface area contributed by atoms with E-state index in [1.807, 2.05) is 0 Å². The van der Waals surface area contributed by atoms with Crippen molar-refractivity contribution in [2.45, 2.75) is 17.6 Å². The van der Waals surface area contributed by atoms with Crippen LogP contribution < -0.4 is 10.5 Å². The van der Waals surface area contributed by atoms with Crippen LogP contribution in [0.5, 0.6) is 0 Å². The van der Waals surface area contributed by atoms with Gasteiger partial charge in [-0.1, -0.05) is 6.92 Å². The van der Waals surface area contributed by atoms with Gasteiger partial charge in [0.1, 0.15) is 4.21 Å². The van der Waals surface area contributed by atoms with Crippen molar-refractivity contribution < 1.29 is 8.42 Å². The Hall–Kier alpha value is -0.590. The van der Waals surface area contributed by atoms with E-state index in [9.17, 15) is 8.42 Å². The molecule has 1 saturated carbocycles.